The Morgan fingerprint density at radius 1 is 1.25 bits per heavy atom. The van der Waals surface area contributed by atoms with E-state index in [-0.39, 0.29) is 34.9 Å². The smallest absolute Gasteiger partial charge is 0.333 e. The third-order valence-corrected chi connectivity index (χ3v) is 7.34. The Labute approximate surface area is 194 Å². The van der Waals surface area contributed by atoms with Crippen LogP contribution in [-0.4, -0.2) is 22.8 Å². The Hall–Kier alpha value is -1.97. The number of phenolic OH excluding ortho intramolecular Hbond substituents is 1. The number of ether oxygens (including phenoxy) is 2. The number of hydrogen-bond acceptors (Lipinski definition) is 4. The molecule has 2 atom stereocenters. The van der Waals surface area contributed by atoms with Crippen molar-refractivity contribution >= 4 is 5.97 Å². The highest BCUT2D eigenvalue weighted by Gasteiger charge is 2.47. The van der Waals surface area contributed by atoms with Gasteiger partial charge in [-0.2, -0.15) is 0 Å². The molecule has 0 spiro atoms. The van der Waals surface area contributed by atoms with Crippen LogP contribution >= 0.6 is 0 Å². The summed E-state index contributed by atoms with van der Waals surface area (Å²) < 4.78 is 12.0. The quantitative estimate of drug-likeness (QED) is 0.342. The molecule has 2 aliphatic rings. The second-order valence-electron chi connectivity index (χ2n) is 11.1. The van der Waals surface area contributed by atoms with Crippen LogP contribution in [0.1, 0.15) is 110 Å². The number of unbranched alkanes of at least 4 members (excludes halogenated alkanes) is 3. The normalized spacial score (nSPS) is 21.9. The molecule has 0 saturated carbocycles. The Morgan fingerprint density at radius 3 is 2.62 bits per heavy atom. The lowest BCUT2D eigenvalue weighted by Gasteiger charge is -2.47. The Morgan fingerprint density at radius 2 is 1.97 bits per heavy atom. The van der Waals surface area contributed by atoms with E-state index in [1.165, 1.54) is 25.7 Å². The minimum Gasteiger partial charge on any atom is -0.508 e. The number of carbonyl (C=O) groups is 1. The first kappa shape index (κ1) is 24.7. The zero-order valence-corrected chi connectivity index (χ0v) is 21.1. The van der Waals surface area contributed by atoms with Crippen LogP contribution in [0.25, 0.3) is 0 Å². The van der Waals surface area contributed by atoms with E-state index in [2.05, 4.69) is 40.7 Å². The van der Waals surface area contributed by atoms with Gasteiger partial charge < -0.3 is 14.6 Å². The van der Waals surface area contributed by atoms with Crippen LogP contribution in [0.2, 0.25) is 0 Å². The van der Waals surface area contributed by atoms with Gasteiger partial charge >= 0.3 is 5.97 Å². The molecule has 4 heteroatoms. The molecule has 0 aromatic heterocycles. The first-order valence-corrected chi connectivity index (χ1v) is 12.4. The molecule has 1 aromatic carbocycles. The van der Waals surface area contributed by atoms with Crippen molar-refractivity contribution in [2.24, 2.45) is 5.92 Å². The summed E-state index contributed by atoms with van der Waals surface area (Å²) in [5.41, 5.74) is 2.26. The summed E-state index contributed by atoms with van der Waals surface area (Å²) in [5.74, 6) is 1.06. The van der Waals surface area contributed by atoms with Gasteiger partial charge in [0.05, 0.1) is 6.10 Å². The predicted octanol–water partition coefficient (Wildman–Crippen LogP) is 7.18. The molecule has 0 saturated heterocycles. The van der Waals surface area contributed by atoms with Crippen LogP contribution in [0.15, 0.2) is 23.8 Å². The van der Waals surface area contributed by atoms with Gasteiger partial charge in [-0.3, -0.25) is 0 Å². The number of aromatic hydroxyl groups is 1. The van der Waals surface area contributed by atoms with E-state index in [0.29, 0.717) is 17.7 Å². The number of allylic oxidation sites excluding steroid dienone is 1. The minimum absolute atomic E-state index is 0.0372. The van der Waals surface area contributed by atoms with Gasteiger partial charge in [0.15, 0.2) is 0 Å². The SMILES string of the molecule is CCCCCCC(C)(C)c1cc(O)c2c(c1)OC(C)(C)[C@@H]1CC=C(C(=O)OC(C)C)C[C@@H]21. The lowest BCUT2D eigenvalue weighted by Crippen LogP contribution is -2.46. The van der Waals surface area contributed by atoms with E-state index in [1.54, 1.807) is 0 Å². The van der Waals surface area contributed by atoms with Crippen molar-refractivity contribution in [1.82, 2.24) is 0 Å². The molecule has 1 aromatic rings. The van der Waals surface area contributed by atoms with E-state index in [1.807, 2.05) is 26.0 Å². The molecule has 0 bridgehead atoms. The molecule has 32 heavy (non-hydrogen) atoms. The minimum atomic E-state index is -0.377. The molecular formula is C28H42O4. The fourth-order valence-electron chi connectivity index (χ4n) is 5.38. The lowest BCUT2D eigenvalue weighted by molar-refractivity contribution is -0.143. The number of benzene rings is 1. The van der Waals surface area contributed by atoms with Crippen molar-refractivity contribution in [3.8, 4) is 11.5 Å². The van der Waals surface area contributed by atoms with Crippen LogP contribution in [0.4, 0.5) is 0 Å². The van der Waals surface area contributed by atoms with Gasteiger partial charge in [-0.1, -0.05) is 52.5 Å². The van der Waals surface area contributed by atoms with Crippen molar-refractivity contribution < 1.29 is 19.4 Å². The molecule has 0 unspecified atom stereocenters. The number of hydrogen-bond donors (Lipinski definition) is 1. The van der Waals surface area contributed by atoms with Crippen LogP contribution < -0.4 is 4.74 Å². The topological polar surface area (TPSA) is 55.8 Å². The third kappa shape index (κ3) is 5.15. The number of phenols is 1. The van der Waals surface area contributed by atoms with E-state index in [0.717, 1.165) is 29.7 Å². The average molecular weight is 443 g/mol. The van der Waals surface area contributed by atoms with Crippen LogP contribution in [0, 0.1) is 5.92 Å². The molecule has 1 aliphatic heterocycles. The molecule has 1 aliphatic carbocycles. The number of rotatable bonds is 8. The third-order valence-electron chi connectivity index (χ3n) is 7.34. The first-order valence-electron chi connectivity index (χ1n) is 12.4. The highest BCUT2D eigenvalue weighted by Crippen LogP contribution is 2.55. The fourth-order valence-corrected chi connectivity index (χ4v) is 5.38. The second kappa shape index (κ2) is 9.49. The van der Waals surface area contributed by atoms with Gasteiger partial charge in [-0.15, -0.1) is 0 Å². The molecule has 1 N–H and O–H groups in total. The molecule has 0 amide bonds. The molecule has 3 rings (SSSR count). The average Bonchev–Trinajstić information content (AvgIpc) is 2.69. The summed E-state index contributed by atoms with van der Waals surface area (Å²) in [5, 5.41) is 11.2. The Bertz CT molecular complexity index is 862. The Kier molecular flexibility index (Phi) is 7.31. The lowest BCUT2D eigenvalue weighted by atomic mass is 9.66. The summed E-state index contributed by atoms with van der Waals surface area (Å²) >= 11 is 0. The van der Waals surface area contributed by atoms with E-state index < -0.39 is 0 Å². The van der Waals surface area contributed by atoms with Crippen LogP contribution in [0.5, 0.6) is 11.5 Å². The van der Waals surface area contributed by atoms with Gasteiger partial charge in [0, 0.05) is 23.0 Å². The monoisotopic (exact) mass is 442 g/mol. The summed E-state index contributed by atoms with van der Waals surface area (Å²) in [6, 6.07) is 4.07. The van der Waals surface area contributed by atoms with Crippen LogP contribution in [-0.2, 0) is 14.9 Å². The highest BCUT2D eigenvalue weighted by molar-refractivity contribution is 5.89. The zero-order chi connectivity index (χ0) is 23.7. The van der Waals surface area contributed by atoms with Crippen molar-refractivity contribution in [1.29, 1.82) is 0 Å². The highest BCUT2D eigenvalue weighted by atomic mass is 16.5. The van der Waals surface area contributed by atoms with Gasteiger partial charge in [-0.25, -0.2) is 4.79 Å². The van der Waals surface area contributed by atoms with Crippen LogP contribution in [0.3, 0.4) is 0 Å². The standard InChI is InChI=1S/C28H42O4/c1-8-9-10-11-14-27(4,5)20-16-23(29)25-21-15-19(26(30)31-18(2)3)12-13-22(21)28(6,7)32-24(25)17-20/h12,16-18,21-22,29H,8-11,13-15H2,1-7H3/t21-,22-/m1/s1. The van der Waals surface area contributed by atoms with E-state index in [9.17, 15) is 9.90 Å². The summed E-state index contributed by atoms with van der Waals surface area (Å²) in [7, 11) is 0. The van der Waals surface area contributed by atoms with Gasteiger partial charge in [0.2, 0.25) is 0 Å². The maximum Gasteiger partial charge on any atom is 0.333 e. The predicted molar refractivity (Wildman–Crippen MR) is 129 cm³/mol. The van der Waals surface area contributed by atoms with Crippen molar-refractivity contribution in [2.45, 2.75) is 116 Å². The van der Waals surface area contributed by atoms with Crippen molar-refractivity contribution in [2.75, 3.05) is 0 Å². The number of fused-ring (bicyclic) bond motifs is 3. The largest absolute Gasteiger partial charge is 0.508 e. The molecule has 1 heterocycles. The van der Waals surface area contributed by atoms with Gasteiger partial charge in [0.1, 0.15) is 17.1 Å². The second-order valence-corrected chi connectivity index (χ2v) is 11.1. The maximum absolute atomic E-state index is 12.6. The summed E-state index contributed by atoms with van der Waals surface area (Å²) in [6.07, 6.45) is 9.17. The molecular weight excluding hydrogens is 400 g/mol. The van der Waals surface area contributed by atoms with Gasteiger partial charge in [-0.05, 0) is 70.1 Å². The van der Waals surface area contributed by atoms with E-state index in [4.69, 9.17) is 9.47 Å². The van der Waals surface area contributed by atoms with Crippen molar-refractivity contribution in [3.63, 3.8) is 0 Å². The fraction of sp³-hybridized carbons (Fsp3) is 0.679. The molecule has 4 nitrogen and oxygen atoms in total. The molecule has 0 radical (unpaired) electrons. The van der Waals surface area contributed by atoms with E-state index >= 15 is 0 Å². The Balaban J connectivity index is 1.92. The summed E-state index contributed by atoms with van der Waals surface area (Å²) in [4.78, 5) is 12.6. The zero-order valence-electron chi connectivity index (χ0n) is 21.1. The first-order chi connectivity index (χ1) is 15.0. The van der Waals surface area contributed by atoms with Gasteiger partial charge in [0.25, 0.3) is 0 Å². The molecule has 178 valence electrons. The number of esters is 1. The molecule has 0 fully saturated rings. The number of carbonyl (C=O) groups excluding carboxylic acids is 1. The van der Waals surface area contributed by atoms with Crippen molar-refractivity contribution in [3.05, 3.63) is 34.9 Å². The summed E-state index contributed by atoms with van der Waals surface area (Å²) in [6.45, 7) is 14.7. The maximum atomic E-state index is 12.6.